The molecule has 3 rings (SSSR count). The molecule has 0 bridgehead atoms. The second kappa shape index (κ2) is 5.90. The lowest BCUT2D eigenvalue weighted by atomic mass is 9.99. The highest BCUT2D eigenvalue weighted by atomic mass is 79.9. The smallest absolute Gasteiger partial charge is 0.0378 e. The highest BCUT2D eigenvalue weighted by Crippen LogP contribution is 2.29. The standard InChI is InChI=1S/C17H26BrN3/c1-17(2)12-21(9-8-20(17)3)15-7-4-13(16(18)10-15)11-19-14-5-6-14/h4,7,10,14,19H,5-6,8-9,11-12H2,1-3H3. The number of nitrogens with one attached hydrogen (secondary N) is 1. The molecule has 1 aliphatic carbocycles. The lowest BCUT2D eigenvalue weighted by Gasteiger charge is -2.46. The van der Waals surface area contributed by atoms with E-state index in [1.807, 2.05) is 0 Å². The zero-order valence-electron chi connectivity index (χ0n) is 13.3. The number of halogens is 1. The number of piperazine rings is 1. The minimum absolute atomic E-state index is 0.233. The molecule has 21 heavy (non-hydrogen) atoms. The van der Waals surface area contributed by atoms with Crippen molar-refractivity contribution >= 4 is 21.6 Å². The lowest BCUT2D eigenvalue weighted by molar-refractivity contribution is 0.139. The van der Waals surface area contributed by atoms with Crippen LogP contribution in [0, 0.1) is 0 Å². The van der Waals surface area contributed by atoms with Gasteiger partial charge in [-0.05, 0) is 51.4 Å². The summed E-state index contributed by atoms with van der Waals surface area (Å²) in [6, 6.07) is 7.58. The van der Waals surface area contributed by atoms with Crippen LogP contribution in [0.5, 0.6) is 0 Å². The molecular formula is C17H26BrN3. The van der Waals surface area contributed by atoms with Crippen LogP contribution in [-0.4, -0.2) is 43.2 Å². The minimum Gasteiger partial charge on any atom is -0.368 e. The van der Waals surface area contributed by atoms with Gasteiger partial charge < -0.3 is 10.2 Å². The average molecular weight is 352 g/mol. The van der Waals surface area contributed by atoms with Crippen LogP contribution in [0.3, 0.4) is 0 Å². The first-order chi connectivity index (χ1) is 9.95. The number of likely N-dealkylation sites (N-methyl/N-ethyl adjacent to an activating group) is 1. The predicted octanol–water partition coefficient (Wildman–Crippen LogP) is 3.23. The lowest BCUT2D eigenvalue weighted by Crippen LogP contribution is -2.57. The molecule has 1 aromatic carbocycles. The normalized spacial score (nSPS) is 22.6. The molecule has 1 heterocycles. The van der Waals surface area contributed by atoms with Crippen molar-refractivity contribution in [2.24, 2.45) is 0 Å². The molecule has 1 N–H and O–H groups in total. The van der Waals surface area contributed by atoms with Crippen LogP contribution >= 0.6 is 15.9 Å². The summed E-state index contributed by atoms with van der Waals surface area (Å²) >= 11 is 3.75. The Labute approximate surface area is 136 Å². The van der Waals surface area contributed by atoms with E-state index in [1.54, 1.807) is 0 Å². The molecule has 1 aliphatic heterocycles. The molecule has 1 aromatic rings. The monoisotopic (exact) mass is 351 g/mol. The van der Waals surface area contributed by atoms with Crippen molar-refractivity contribution in [1.29, 1.82) is 0 Å². The number of nitrogens with zero attached hydrogens (tertiary/aromatic N) is 2. The SMILES string of the molecule is CN1CCN(c2ccc(CNC3CC3)c(Br)c2)CC1(C)C. The van der Waals surface area contributed by atoms with Crippen molar-refractivity contribution in [1.82, 2.24) is 10.2 Å². The summed E-state index contributed by atoms with van der Waals surface area (Å²) < 4.78 is 1.23. The third-order valence-corrected chi connectivity index (χ3v) is 5.62. The Kier molecular flexibility index (Phi) is 4.30. The van der Waals surface area contributed by atoms with E-state index in [1.165, 1.54) is 28.6 Å². The second-order valence-electron chi connectivity index (χ2n) is 7.09. The highest BCUT2D eigenvalue weighted by Gasteiger charge is 2.31. The van der Waals surface area contributed by atoms with E-state index in [0.717, 1.165) is 32.2 Å². The Morgan fingerprint density at radius 2 is 2.05 bits per heavy atom. The van der Waals surface area contributed by atoms with Gasteiger partial charge in [0, 0.05) is 47.9 Å². The largest absolute Gasteiger partial charge is 0.368 e. The van der Waals surface area contributed by atoms with Gasteiger partial charge in [0.2, 0.25) is 0 Å². The number of hydrogen-bond donors (Lipinski definition) is 1. The molecule has 3 nitrogen and oxygen atoms in total. The number of hydrogen-bond acceptors (Lipinski definition) is 3. The molecule has 0 aromatic heterocycles. The summed E-state index contributed by atoms with van der Waals surface area (Å²) in [5, 5.41) is 3.58. The maximum atomic E-state index is 3.75. The molecule has 0 spiro atoms. The van der Waals surface area contributed by atoms with Crippen molar-refractivity contribution in [3.05, 3.63) is 28.2 Å². The van der Waals surface area contributed by atoms with Gasteiger partial charge in [-0.15, -0.1) is 0 Å². The maximum absolute atomic E-state index is 3.75. The van der Waals surface area contributed by atoms with Crippen LogP contribution in [0.4, 0.5) is 5.69 Å². The van der Waals surface area contributed by atoms with Crippen LogP contribution < -0.4 is 10.2 Å². The van der Waals surface area contributed by atoms with Gasteiger partial charge in [-0.3, -0.25) is 4.90 Å². The third-order valence-electron chi connectivity index (χ3n) is 4.88. The van der Waals surface area contributed by atoms with Crippen LogP contribution in [0.2, 0.25) is 0 Å². The van der Waals surface area contributed by atoms with E-state index < -0.39 is 0 Å². The van der Waals surface area contributed by atoms with Gasteiger partial charge in [0.1, 0.15) is 0 Å². The van der Waals surface area contributed by atoms with E-state index in [0.29, 0.717) is 0 Å². The van der Waals surface area contributed by atoms with E-state index in [9.17, 15) is 0 Å². The van der Waals surface area contributed by atoms with E-state index in [4.69, 9.17) is 0 Å². The quantitative estimate of drug-likeness (QED) is 0.898. The minimum atomic E-state index is 0.233. The second-order valence-corrected chi connectivity index (χ2v) is 7.94. The first kappa shape index (κ1) is 15.3. The van der Waals surface area contributed by atoms with Gasteiger partial charge in [-0.1, -0.05) is 22.0 Å². The number of anilines is 1. The van der Waals surface area contributed by atoms with Gasteiger partial charge in [0.05, 0.1) is 0 Å². The number of benzene rings is 1. The first-order valence-electron chi connectivity index (χ1n) is 7.94. The Bertz CT molecular complexity index is 511. The summed E-state index contributed by atoms with van der Waals surface area (Å²) in [5.41, 5.74) is 2.92. The zero-order chi connectivity index (χ0) is 15.0. The van der Waals surface area contributed by atoms with E-state index >= 15 is 0 Å². The molecule has 0 radical (unpaired) electrons. The number of rotatable bonds is 4. The molecule has 116 valence electrons. The van der Waals surface area contributed by atoms with Crippen LogP contribution in [-0.2, 0) is 6.54 Å². The fourth-order valence-electron chi connectivity index (χ4n) is 2.88. The molecule has 1 saturated heterocycles. The Balaban J connectivity index is 1.69. The molecule has 0 atom stereocenters. The maximum Gasteiger partial charge on any atom is 0.0378 e. The topological polar surface area (TPSA) is 18.5 Å². The fourth-order valence-corrected chi connectivity index (χ4v) is 3.39. The van der Waals surface area contributed by atoms with Crippen molar-refractivity contribution in [2.45, 2.75) is 44.8 Å². The van der Waals surface area contributed by atoms with Gasteiger partial charge in [-0.2, -0.15) is 0 Å². The molecular weight excluding hydrogens is 326 g/mol. The van der Waals surface area contributed by atoms with Gasteiger partial charge in [0.25, 0.3) is 0 Å². The van der Waals surface area contributed by atoms with Gasteiger partial charge in [0.15, 0.2) is 0 Å². The Hall–Kier alpha value is -0.580. The van der Waals surface area contributed by atoms with Crippen molar-refractivity contribution in [2.75, 3.05) is 31.6 Å². The van der Waals surface area contributed by atoms with Crippen LogP contribution in [0.15, 0.2) is 22.7 Å². The molecule has 4 heteroatoms. The summed E-state index contributed by atoms with van der Waals surface area (Å²) in [6.45, 7) is 8.92. The predicted molar refractivity (Wildman–Crippen MR) is 92.9 cm³/mol. The zero-order valence-corrected chi connectivity index (χ0v) is 14.9. The first-order valence-corrected chi connectivity index (χ1v) is 8.73. The molecule has 1 saturated carbocycles. The van der Waals surface area contributed by atoms with Crippen molar-refractivity contribution in [3.63, 3.8) is 0 Å². The summed E-state index contributed by atoms with van der Waals surface area (Å²) in [6.07, 6.45) is 2.68. The van der Waals surface area contributed by atoms with Crippen molar-refractivity contribution in [3.8, 4) is 0 Å². The highest BCUT2D eigenvalue weighted by molar-refractivity contribution is 9.10. The van der Waals surface area contributed by atoms with E-state index in [2.05, 4.69) is 70.1 Å². The molecule has 0 amide bonds. The average Bonchev–Trinajstić information content (AvgIpc) is 3.24. The van der Waals surface area contributed by atoms with Crippen LogP contribution in [0.1, 0.15) is 32.3 Å². The van der Waals surface area contributed by atoms with Crippen molar-refractivity contribution < 1.29 is 0 Å². The Morgan fingerprint density at radius 1 is 1.29 bits per heavy atom. The third kappa shape index (κ3) is 3.61. The summed E-state index contributed by atoms with van der Waals surface area (Å²) in [4.78, 5) is 4.95. The summed E-state index contributed by atoms with van der Waals surface area (Å²) in [5.74, 6) is 0. The fraction of sp³-hybridized carbons (Fsp3) is 0.647. The van der Waals surface area contributed by atoms with E-state index in [-0.39, 0.29) is 5.54 Å². The molecule has 2 fully saturated rings. The van der Waals surface area contributed by atoms with Gasteiger partial charge >= 0.3 is 0 Å². The van der Waals surface area contributed by atoms with Crippen LogP contribution in [0.25, 0.3) is 0 Å². The Morgan fingerprint density at radius 3 is 2.67 bits per heavy atom. The molecule has 2 aliphatic rings. The molecule has 0 unspecified atom stereocenters. The van der Waals surface area contributed by atoms with Gasteiger partial charge in [-0.25, -0.2) is 0 Å². The summed E-state index contributed by atoms with van der Waals surface area (Å²) in [7, 11) is 2.22.